The van der Waals surface area contributed by atoms with Crippen molar-refractivity contribution in [3.8, 4) is 0 Å². The fourth-order valence-corrected chi connectivity index (χ4v) is 0.261. The van der Waals surface area contributed by atoms with Gasteiger partial charge in [-0.15, -0.1) is 0 Å². The molecule has 0 atom stereocenters. The first-order chi connectivity index (χ1) is 3.27. The average Bonchev–Trinajstić information content (AvgIpc) is 1.61. The van der Waals surface area contributed by atoms with Gasteiger partial charge in [0.05, 0.1) is 0 Å². The van der Waals surface area contributed by atoms with Gasteiger partial charge in [0.1, 0.15) is 0 Å². The Morgan fingerprint density at radius 3 is 2.71 bits per heavy atom. The molecule has 0 aromatic carbocycles. The molecule has 0 heterocycles. The van der Waals surface area contributed by atoms with Gasteiger partial charge in [-0.05, 0) is 0 Å². The van der Waals surface area contributed by atoms with Crippen LogP contribution in [0.1, 0.15) is 6.92 Å². The number of hydrogen-bond donors (Lipinski definition) is 0. The van der Waals surface area contributed by atoms with Gasteiger partial charge in [-0.3, -0.25) is 0 Å². The zero-order valence-corrected chi connectivity index (χ0v) is 5.33. The molecule has 0 fully saturated rings. The van der Waals surface area contributed by atoms with E-state index in [-0.39, 0.29) is 0 Å². The summed E-state index contributed by atoms with van der Waals surface area (Å²) in [5.41, 5.74) is 0. The molecule has 0 N–H and O–H groups in total. The molecule has 0 saturated heterocycles. The summed E-state index contributed by atoms with van der Waals surface area (Å²) in [6.07, 6.45) is 1.53. The molecule has 0 aliphatic rings. The Hall–Kier alpha value is 0.427. The number of ether oxygens (including phenoxy) is 1. The molecule has 0 bridgehead atoms. The fraction of sp³-hybridized carbons (Fsp3) is 0.500. The molecule has 0 aromatic heterocycles. The van der Waals surface area contributed by atoms with Gasteiger partial charge in [0.25, 0.3) is 0 Å². The van der Waals surface area contributed by atoms with Crippen LogP contribution in [0, 0.1) is 0 Å². The zero-order chi connectivity index (χ0) is 5.70. The molecule has 0 amide bonds. The summed E-state index contributed by atoms with van der Waals surface area (Å²) in [6, 6.07) is 0. The fourth-order valence-electron chi connectivity index (χ4n) is 0.198. The predicted octanol–water partition coefficient (Wildman–Crippen LogP) is 1.23. The van der Waals surface area contributed by atoms with Crippen LogP contribution < -0.4 is 0 Å². The van der Waals surface area contributed by atoms with E-state index in [4.69, 9.17) is 16.3 Å². The Labute approximate surface area is 57.9 Å². The van der Waals surface area contributed by atoms with Crippen LogP contribution in [0.25, 0.3) is 0 Å². The summed E-state index contributed by atoms with van der Waals surface area (Å²) in [5, 5.41) is 0. The van der Waals surface area contributed by atoms with Gasteiger partial charge in [0, 0.05) is 0 Å². The molecule has 0 aliphatic heterocycles. The summed E-state index contributed by atoms with van der Waals surface area (Å²) in [6.45, 7) is 2.60. The topological polar surface area (TPSA) is 9.23 Å². The summed E-state index contributed by atoms with van der Waals surface area (Å²) >= 11 is 7.17. The van der Waals surface area contributed by atoms with Gasteiger partial charge in [-0.1, -0.05) is 0 Å². The second kappa shape index (κ2) is 4.58. The van der Waals surface area contributed by atoms with Crippen LogP contribution in [-0.2, 0) is 4.74 Å². The van der Waals surface area contributed by atoms with Gasteiger partial charge in [-0.2, -0.15) is 0 Å². The van der Waals surface area contributed by atoms with E-state index in [1.807, 2.05) is 6.92 Å². The van der Waals surface area contributed by atoms with Gasteiger partial charge >= 0.3 is 57.6 Å². The molecule has 0 saturated carbocycles. The molecule has 0 aliphatic carbocycles. The zero-order valence-electron chi connectivity index (χ0n) is 4.57. The van der Waals surface area contributed by atoms with Crippen molar-refractivity contribution in [2.75, 3.05) is 6.61 Å². The molecule has 1 nitrogen and oxygen atoms in total. The molecule has 0 aromatic rings. The van der Waals surface area contributed by atoms with Crippen molar-refractivity contribution >= 4 is 29.3 Å². The molecule has 36 valence electrons. The summed E-state index contributed by atoms with van der Waals surface area (Å²) in [5.74, 6) is 0. The Balaban J connectivity index is 3.08. The van der Waals surface area contributed by atoms with E-state index in [9.17, 15) is 0 Å². The van der Waals surface area contributed by atoms with Crippen LogP contribution in [0.4, 0.5) is 0 Å². The molecule has 0 rings (SSSR count). The van der Waals surface area contributed by atoms with E-state index in [1.165, 1.54) is 6.26 Å². The van der Waals surface area contributed by atoms with Crippen molar-refractivity contribution in [2.45, 2.75) is 6.92 Å². The van der Waals surface area contributed by atoms with E-state index < -0.39 is 0 Å². The second-order valence-corrected chi connectivity index (χ2v) is 1.76. The summed E-state index contributed by atoms with van der Waals surface area (Å²) < 4.78 is 5.48. The van der Waals surface area contributed by atoms with E-state index in [0.29, 0.717) is 10.3 Å². The third kappa shape index (κ3) is 6.43. The minimum atomic E-state index is 0.682. The first-order valence-corrected chi connectivity index (χ1v) is 2.59. The number of rotatable bonds is 2. The SMILES string of the molecule is [Li][C](Cl)=COCC. The first-order valence-electron chi connectivity index (χ1n) is 2.21. The standard InChI is InChI=1S/C4H6ClO.Li/c1-2-6-4-3-5;/h4H,2H2,1H3;. The molecule has 0 unspecified atom stereocenters. The Morgan fingerprint density at radius 2 is 2.57 bits per heavy atom. The minimum absolute atomic E-state index is 0.682. The normalized spacial score (nSPS) is 11.7. The van der Waals surface area contributed by atoms with E-state index in [1.54, 1.807) is 17.7 Å². The van der Waals surface area contributed by atoms with E-state index >= 15 is 0 Å². The van der Waals surface area contributed by atoms with E-state index in [0.717, 1.165) is 0 Å². The van der Waals surface area contributed by atoms with Gasteiger partial charge in [-0.25, -0.2) is 0 Å². The maximum absolute atomic E-state index is 5.39. The first kappa shape index (κ1) is 7.43. The van der Waals surface area contributed by atoms with Gasteiger partial charge < -0.3 is 0 Å². The molecule has 7 heavy (non-hydrogen) atoms. The third-order valence-corrected chi connectivity index (χ3v) is 0.501. The third-order valence-electron chi connectivity index (χ3n) is 0.412. The predicted molar refractivity (Wildman–Crippen MR) is 31.3 cm³/mol. The van der Waals surface area contributed by atoms with Crippen molar-refractivity contribution in [3.63, 3.8) is 0 Å². The van der Waals surface area contributed by atoms with Crippen LogP contribution in [0.15, 0.2) is 9.97 Å². The molecular formula is C4H6ClLiO. The van der Waals surface area contributed by atoms with Crippen LogP contribution in [0.3, 0.4) is 0 Å². The second-order valence-electron chi connectivity index (χ2n) is 1.16. The Morgan fingerprint density at radius 1 is 2.00 bits per heavy atom. The number of hydrogen-bond acceptors (Lipinski definition) is 1. The van der Waals surface area contributed by atoms with Crippen molar-refractivity contribution in [1.82, 2.24) is 0 Å². The summed E-state index contributed by atoms with van der Waals surface area (Å²) in [4.78, 5) is 0. The number of halogens is 1. The Bertz CT molecular complexity index is 68.1. The Kier molecular flexibility index (Phi) is 4.86. The molecular weight excluding hydrogens is 106 g/mol. The van der Waals surface area contributed by atoms with Crippen LogP contribution in [0.5, 0.6) is 0 Å². The van der Waals surface area contributed by atoms with Gasteiger partial charge in [0.15, 0.2) is 0 Å². The van der Waals surface area contributed by atoms with Crippen molar-refractivity contribution in [1.29, 1.82) is 0 Å². The maximum atomic E-state index is 5.39. The summed E-state index contributed by atoms with van der Waals surface area (Å²) in [7, 11) is 0. The molecule has 0 spiro atoms. The van der Waals surface area contributed by atoms with Crippen molar-refractivity contribution in [3.05, 3.63) is 9.97 Å². The van der Waals surface area contributed by atoms with Gasteiger partial charge in [0.2, 0.25) is 0 Å². The van der Waals surface area contributed by atoms with Crippen LogP contribution >= 0.6 is 11.6 Å². The average molecular weight is 112 g/mol. The molecule has 0 radical (unpaired) electrons. The van der Waals surface area contributed by atoms with Crippen molar-refractivity contribution in [2.24, 2.45) is 0 Å². The van der Waals surface area contributed by atoms with Crippen LogP contribution in [-0.4, -0.2) is 24.3 Å². The van der Waals surface area contributed by atoms with E-state index in [2.05, 4.69) is 0 Å². The van der Waals surface area contributed by atoms with Crippen molar-refractivity contribution < 1.29 is 4.74 Å². The quantitative estimate of drug-likeness (QED) is 0.386. The van der Waals surface area contributed by atoms with Crippen LogP contribution in [0.2, 0.25) is 0 Å². The molecule has 3 heteroatoms. The monoisotopic (exact) mass is 112 g/mol.